The molecule has 1 unspecified atom stereocenters. The van der Waals surface area contributed by atoms with Gasteiger partial charge in [-0.3, -0.25) is 57.7 Å². The summed E-state index contributed by atoms with van der Waals surface area (Å²) in [5, 5.41) is 53.5. The smallest absolute Gasteiger partial charge is 0.312 e. The third kappa shape index (κ3) is 27.5. The summed E-state index contributed by atoms with van der Waals surface area (Å²) in [6, 6.07) is 14.4. The summed E-state index contributed by atoms with van der Waals surface area (Å²) in [6.45, 7) is 10.1. The summed E-state index contributed by atoms with van der Waals surface area (Å²) in [4.78, 5) is 173. The molecule has 13 amide bonds. The van der Waals surface area contributed by atoms with Crippen molar-refractivity contribution in [1.29, 1.82) is 0 Å². The van der Waals surface area contributed by atoms with Crippen molar-refractivity contribution in [2.24, 2.45) is 17.4 Å². The number of unbranched alkanes of at least 4 members (excludes halogenated alkanes) is 2. The van der Waals surface area contributed by atoms with E-state index in [9.17, 15) is 67.7 Å². The molecule has 0 bridgehead atoms. The van der Waals surface area contributed by atoms with Crippen LogP contribution in [0, 0.1) is 5.92 Å². The van der Waals surface area contributed by atoms with E-state index in [1.807, 2.05) is 56.3 Å². The minimum absolute atomic E-state index is 0.0327. The highest BCUT2D eigenvalue weighted by atomic mass is 35.5. The summed E-state index contributed by atoms with van der Waals surface area (Å²) in [5.74, 6) is -9.07. The summed E-state index contributed by atoms with van der Waals surface area (Å²) in [6.07, 6.45) is 4.59. The highest BCUT2D eigenvalue weighted by Gasteiger charge is 2.40. The van der Waals surface area contributed by atoms with Crippen LogP contribution in [0.25, 0.3) is 10.8 Å². The van der Waals surface area contributed by atoms with Gasteiger partial charge in [0.1, 0.15) is 66.2 Å². The van der Waals surface area contributed by atoms with E-state index in [0.717, 1.165) is 10.8 Å². The average Bonchev–Trinajstić information content (AvgIpc) is 1.63. The van der Waals surface area contributed by atoms with Crippen LogP contribution in [0.4, 0.5) is 4.79 Å². The fraction of sp³-hybridized carbons (Fsp3) is 0.473. The molecule has 104 heavy (non-hydrogen) atoms. The number of amides is 13. The van der Waals surface area contributed by atoms with Gasteiger partial charge < -0.3 is 85.1 Å². The number of benzene rings is 4. The van der Waals surface area contributed by atoms with Crippen LogP contribution in [0.15, 0.2) is 116 Å². The Morgan fingerprint density at radius 1 is 0.538 bits per heavy atom. The lowest BCUT2D eigenvalue weighted by Crippen LogP contribution is -2.61. The Labute approximate surface area is 610 Å². The second kappa shape index (κ2) is 41.7. The number of rotatable bonds is 41. The van der Waals surface area contributed by atoms with Crippen LogP contribution in [0.2, 0.25) is 5.02 Å². The minimum atomic E-state index is -1.83. The van der Waals surface area contributed by atoms with Crippen LogP contribution in [0.3, 0.4) is 0 Å². The van der Waals surface area contributed by atoms with Crippen molar-refractivity contribution >= 4 is 93.4 Å². The Hall–Kier alpha value is -10.3. The maximum absolute atomic E-state index is 15.0. The fourth-order valence-electron chi connectivity index (χ4n) is 11.9. The topological polar surface area (TPSA) is 446 Å². The first-order valence-electron chi connectivity index (χ1n) is 35.1. The molecule has 0 aliphatic carbocycles. The molecule has 1 saturated heterocycles. The highest BCUT2D eigenvalue weighted by Crippen LogP contribution is 2.23. The second-order valence-electron chi connectivity index (χ2n) is 26.9. The number of fused-ring (bicyclic) bond motifs is 1. The molecule has 17 N–H and O–H groups in total. The molecule has 4 aromatic carbocycles. The average molecular weight is 1460 g/mol. The predicted molar refractivity (Wildman–Crippen MR) is 390 cm³/mol. The molecule has 0 spiro atoms. The highest BCUT2D eigenvalue weighted by molar-refractivity contribution is 6.30. The number of aliphatic hydroxyl groups excluding tert-OH is 1. The van der Waals surface area contributed by atoms with Crippen LogP contribution in [0.5, 0.6) is 5.75 Å². The quantitative estimate of drug-likeness (QED) is 0.0248. The van der Waals surface area contributed by atoms with Crippen molar-refractivity contribution in [1.82, 2.24) is 68.4 Å². The molecule has 6 rings (SSSR count). The van der Waals surface area contributed by atoms with Crippen LogP contribution < -0.4 is 70.0 Å². The number of nitrogens with one attached hydrogen (secondary N) is 11. The Balaban J connectivity index is 1.26. The van der Waals surface area contributed by atoms with Crippen molar-refractivity contribution in [2.45, 2.75) is 191 Å². The molecule has 1 aromatic heterocycles. The van der Waals surface area contributed by atoms with Gasteiger partial charge >= 0.3 is 6.03 Å². The lowest BCUT2D eigenvalue weighted by atomic mass is 9.99. The van der Waals surface area contributed by atoms with Crippen LogP contribution in [-0.2, 0) is 78.4 Å². The van der Waals surface area contributed by atoms with Gasteiger partial charge in [-0.25, -0.2) is 4.79 Å². The van der Waals surface area contributed by atoms with Crippen molar-refractivity contribution in [3.63, 3.8) is 0 Å². The molecule has 0 saturated carbocycles. The summed E-state index contributed by atoms with van der Waals surface area (Å²) in [7, 11) is 0. The van der Waals surface area contributed by atoms with E-state index in [0.29, 0.717) is 53.1 Å². The van der Waals surface area contributed by atoms with E-state index in [-0.39, 0.29) is 95.0 Å². The van der Waals surface area contributed by atoms with E-state index in [1.54, 1.807) is 50.2 Å². The van der Waals surface area contributed by atoms with E-state index in [1.165, 1.54) is 55.4 Å². The Morgan fingerprint density at radius 2 is 1.03 bits per heavy atom. The zero-order chi connectivity index (χ0) is 76.0. The zero-order valence-electron chi connectivity index (χ0n) is 59.6. The van der Waals surface area contributed by atoms with Crippen LogP contribution in [-0.4, -0.2) is 184 Å². The van der Waals surface area contributed by atoms with Crippen molar-refractivity contribution in [3.8, 4) is 5.75 Å². The normalized spacial score (nSPS) is 15.3. The third-order valence-electron chi connectivity index (χ3n) is 17.5. The SMILES string of the molecule is CC(=O)N[C@H](Cc1ccc2ccccc2c1)C(=O)N[C@@H](Cc1ccc(Cl)cc1)C(=O)N[C@H](Cc1cccnc1)C(=O)N[C@@H](CO)C(=O)N[C@@H](Cc1ccc(O)cc1)C(=O)N[C@H](CCCCNC(N)=O)C(=O)N[C@@H](CC(C)C)C(=O)N[C@@H](CCCCNC(C)C)C(=O)N1CCC[C@@H]1C(=O)NC(C)C(N)=O. The van der Waals surface area contributed by atoms with Gasteiger partial charge in [0.05, 0.1) is 6.61 Å². The number of primary amides is 2. The Kier molecular flexibility index (Phi) is 33.2. The van der Waals surface area contributed by atoms with Gasteiger partial charge in [-0.1, -0.05) is 112 Å². The molecule has 1 aliphatic heterocycles. The maximum atomic E-state index is 15.0. The van der Waals surface area contributed by atoms with E-state index >= 15 is 0 Å². The summed E-state index contributed by atoms with van der Waals surface area (Å²) < 4.78 is 0. The molecule has 29 nitrogen and oxygen atoms in total. The number of hydrogen-bond acceptors (Lipinski definition) is 16. The maximum Gasteiger partial charge on any atom is 0.312 e. The standard InChI is InChI=1S/C74H100ClN15O14/c1-43(2)35-57(66(96)84-56(19-10-11-32-79-44(3)4)73(103)90-34-14-20-63(90)72(102)81-45(5)64(76)94)85-65(95)55(18-9-12-33-80-74(77)104)83-68(98)59(38-48-24-29-54(93)30-25-48)88-71(101)62(42-91)89-70(100)61(40-50-15-13-31-78-41-50)87-69(99)60(37-47-22-27-53(75)28-23-47)86-67(97)58(82-46(6)92)39-49-21-26-51-16-7-8-17-52(51)36-49/h7-8,13,15-17,21-31,36,41,43-45,55-63,79,91,93H,9-12,14,18-20,32-35,37-40,42H2,1-6H3,(H2,76,94)(H,81,102)(H,82,92)(H,83,98)(H,84,96)(H,85,95)(H,86,97)(H,87,99)(H,88,101)(H,89,100)(H3,77,80,104)/t45?,55-,56+,57+,58-,59+,60+,61-,62+,63-/m1/s1. The number of pyridine rings is 1. The van der Waals surface area contributed by atoms with Gasteiger partial charge in [0.15, 0.2) is 0 Å². The number of phenols is 1. The molecule has 2 heterocycles. The van der Waals surface area contributed by atoms with E-state index in [4.69, 9.17) is 23.1 Å². The molecular weight excluding hydrogens is 1360 g/mol. The molecule has 5 aromatic rings. The van der Waals surface area contributed by atoms with Gasteiger partial charge in [0, 0.05) is 69.2 Å². The lowest BCUT2D eigenvalue weighted by molar-refractivity contribution is -0.142. The number of urea groups is 1. The summed E-state index contributed by atoms with van der Waals surface area (Å²) in [5.41, 5.74) is 12.8. The number of nitrogens with zero attached hydrogens (tertiary/aromatic N) is 2. The van der Waals surface area contributed by atoms with Gasteiger partial charge in [-0.05, 0) is 141 Å². The Morgan fingerprint density at radius 3 is 1.59 bits per heavy atom. The Bertz CT molecular complexity index is 3740. The number of carbonyl (C=O) groups excluding carboxylic acids is 12. The predicted octanol–water partition coefficient (Wildman–Crippen LogP) is 1.79. The largest absolute Gasteiger partial charge is 0.508 e. The van der Waals surface area contributed by atoms with Gasteiger partial charge in [-0.15, -0.1) is 0 Å². The van der Waals surface area contributed by atoms with E-state index < -0.39 is 138 Å². The number of nitrogens with two attached hydrogens (primary N) is 2. The number of aliphatic hydroxyl groups is 1. The molecule has 562 valence electrons. The minimum Gasteiger partial charge on any atom is -0.508 e. The molecule has 10 atom stereocenters. The van der Waals surface area contributed by atoms with E-state index in [2.05, 4.69) is 63.5 Å². The second-order valence-corrected chi connectivity index (χ2v) is 27.3. The molecule has 30 heteroatoms. The van der Waals surface area contributed by atoms with Gasteiger partial charge in [0.25, 0.3) is 0 Å². The molecular formula is C74H100ClN15O14. The first-order chi connectivity index (χ1) is 49.6. The molecule has 0 radical (unpaired) electrons. The number of halogens is 1. The fourth-order valence-corrected chi connectivity index (χ4v) is 12.1. The number of hydrogen-bond donors (Lipinski definition) is 15. The number of phenolic OH excluding ortho intramolecular Hbond substituents is 1. The number of likely N-dealkylation sites (tertiary alicyclic amines) is 1. The molecule has 1 aliphatic rings. The van der Waals surface area contributed by atoms with Crippen molar-refractivity contribution in [2.75, 3.05) is 26.2 Å². The van der Waals surface area contributed by atoms with Gasteiger partial charge in [0.2, 0.25) is 65.0 Å². The first kappa shape index (κ1) is 82.7. The number of carbonyl (C=O) groups is 12. The van der Waals surface area contributed by atoms with Crippen LogP contribution >= 0.6 is 11.6 Å². The number of aromatic hydroxyl groups is 1. The zero-order valence-corrected chi connectivity index (χ0v) is 60.4. The third-order valence-corrected chi connectivity index (χ3v) is 17.7. The lowest BCUT2D eigenvalue weighted by Gasteiger charge is -2.31. The summed E-state index contributed by atoms with van der Waals surface area (Å²) >= 11 is 6.24. The monoisotopic (exact) mass is 1460 g/mol. The van der Waals surface area contributed by atoms with Crippen molar-refractivity contribution < 1.29 is 67.7 Å². The van der Waals surface area contributed by atoms with Crippen molar-refractivity contribution in [3.05, 3.63) is 143 Å². The van der Waals surface area contributed by atoms with Gasteiger partial charge in [-0.2, -0.15) is 0 Å². The molecule has 1 fully saturated rings. The van der Waals surface area contributed by atoms with Crippen LogP contribution in [0.1, 0.15) is 122 Å². The number of aromatic nitrogens is 1. The first-order valence-corrected chi connectivity index (χ1v) is 35.5.